The van der Waals surface area contributed by atoms with Crippen LogP contribution in [-0.2, 0) is 0 Å². The molecule has 16 heavy (non-hydrogen) atoms. The number of hydrogen-bond donors (Lipinski definition) is 1. The molecule has 0 aromatic rings. The number of amides is 2. The summed E-state index contributed by atoms with van der Waals surface area (Å²) in [7, 11) is 0. The number of nitrogens with zero attached hydrogens (tertiary/aromatic N) is 2. The Morgan fingerprint density at radius 3 is 2.81 bits per heavy atom. The SMILES string of the molecule is CC1CCCC2(C1)C(N)=NC(=O)N2C1CC1. The van der Waals surface area contributed by atoms with Crippen LogP contribution in [0.25, 0.3) is 0 Å². The Morgan fingerprint density at radius 2 is 2.19 bits per heavy atom. The van der Waals surface area contributed by atoms with Crippen molar-refractivity contribution in [1.82, 2.24) is 4.90 Å². The molecule has 1 aliphatic heterocycles. The number of aliphatic imine (C=N–C) groups is 1. The lowest BCUT2D eigenvalue weighted by atomic mass is 9.75. The van der Waals surface area contributed by atoms with Crippen LogP contribution in [0, 0.1) is 5.92 Å². The molecule has 4 heteroatoms. The lowest BCUT2D eigenvalue weighted by Gasteiger charge is -2.43. The van der Waals surface area contributed by atoms with Gasteiger partial charge in [0.15, 0.2) is 0 Å². The minimum atomic E-state index is -0.212. The summed E-state index contributed by atoms with van der Waals surface area (Å²) < 4.78 is 0. The number of hydrogen-bond acceptors (Lipinski definition) is 2. The van der Waals surface area contributed by atoms with Crippen LogP contribution in [0.2, 0.25) is 0 Å². The van der Waals surface area contributed by atoms with Gasteiger partial charge in [0.2, 0.25) is 0 Å². The average Bonchev–Trinajstić information content (AvgIpc) is 2.98. The molecule has 1 spiro atoms. The van der Waals surface area contributed by atoms with Gasteiger partial charge in [-0.2, -0.15) is 4.99 Å². The van der Waals surface area contributed by atoms with Crippen molar-refractivity contribution in [3.8, 4) is 0 Å². The lowest BCUT2D eigenvalue weighted by molar-refractivity contribution is 0.119. The number of rotatable bonds is 1. The van der Waals surface area contributed by atoms with Crippen molar-refractivity contribution in [2.75, 3.05) is 0 Å². The number of amidine groups is 1. The molecule has 2 unspecified atom stereocenters. The Morgan fingerprint density at radius 1 is 1.44 bits per heavy atom. The van der Waals surface area contributed by atoms with Gasteiger partial charge in [-0.3, -0.25) is 0 Å². The van der Waals surface area contributed by atoms with Crippen molar-refractivity contribution in [3.05, 3.63) is 0 Å². The topological polar surface area (TPSA) is 58.7 Å². The maximum Gasteiger partial charge on any atom is 0.346 e. The summed E-state index contributed by atoms with van der Waals surface area (Å²) in [6.07, 6.45) is 6.68. The second kappa shape index (κ2) is 3.22. The molecule has 2 fully saturated rings. The molecule has 2 N–H and O–H groups in total. The predicted octanol–water partition coefficient (Wildman–Crippen LogP) is 1.89. The molecule has 2 atom stereocenters. The largest absolute Gasteiger partial charge is 0.385 e. The van der Waals surface area contributed by atoms with Crippen molar-refractivity contribution in [1.29, 1.82) is 0 Å². The molecular formula is C12H19N3O. The molecule has 3 aliphatic rings. The first kappa shape index (κ1) is 10.1. The third kappa shape index (κ3) is 1.28. The maximum atomic E-state index is 11.9. The number of carbonyl (C=O) groups is 1. The number of urea groups is 1. The third-order valence-corrected chi connectivity index (χ3v) is 4.25. The smallest absolute Gasteiger partial charge is 0.346 e. The highest BCUT2D eigenvalue weighted by molar-refractivity contribution is 6.06. The number of nitrogens with two attached hydrogens (primary N) is 1. The fraction of sp³-hybridized carbons (Fsp3) is 0.833. The summed E-state index contributed by atoms with van der Waals surface area (Å²) in [5, 5.41) is 0. The van der Waals surface area contributed by atoms with E-state index < -0.39 is 0 Å². The minimum absolute atomic E-state index is 0.0888. The minimum Gasteiger partial charge on any atom is -0.385 e. The fourth-order valence-corrected chi connectivity index (χ4v) is 3.38. The lowest BCUT2D eigenvalue weighted by Crippen LogP contribution is -2.57. The van der Waals surface area contributed by atoms with Gasteiger partial charge in [-0.15, -0.1) is 0 Å². The first-order valence-electron chi connectivity index (χ1n) is 6.31. The molecule has 88 valence electrons. The van der Waals surface area contributed by atoms with E-state index in [9.17, 15) is 4.79 Å². The van der Waals surface area contributed by atoms with Gasteiger partial charge in [0, 0.05) is 6.04 Å². The first-order valence-corrected chi connectivity index (χ1v) is 6.31. The maximum absolute atomic E-state index is 11.9. The second-order valence-corrected chi connectivity index (χ2v) is 5.61. The van der Waals surface area contributed by atoms with Gasteiger partial charge in [-0.25, -0.2) is 4.79 Å². The predicted molar refractivity (Wildman–Crippen MR) is 62.2 cm³/mol. The van der Waals surface area contributed by atoms with Crippen LogP contribution in [-0.4, -0.2) is 28.3 Å². The number of carbonyl (C=O) groups excluding carboxylic acids is 1. The van der Waals surface area contributed by atoms with Gasteiger partial charge in [0.1, 0.15) is 11.4 Å². The van der Waals surface area contributed by atoms with Gasteiger partial charge in [-0.05, 0) is 31.6 Å². The molecule has 2 aliphatic carbocycles. The zero-order valence-electron chi connectivity index (χ0n) is 9.78. The molecule has 0 saturated heterocycles. The molecule has 1 heterocycles. The molecule has 0 bridgehead atoms. The average molecular weight is 221 g/mol. The molecule has 3 rings (SSSR count). The highest BCUT2D eigenvalue weighted by Gasteiger charge is 2.54. The van der Waals surface area contributed by atoms with Crippen molar-refractivity contribution < 1.29 is 4.79 Å². The van der Waals surface area contributed by atoms with E-state index in [0.717, 1.165) is 32.1 Å². The Labute approximate surface area is 95.9 Å². The zero-order chi connectivity index (χ0) is 11.3. The van der Waals surface area contributed by atoms with Crippen LogP contribution in [0.4, 0.5) is 4.79 Å². The third-order valence-electron chi connectivity index (χ3n) is 4.25. The first-order chi connectivity index (χ1) is 7.63. The van der Waals surface area contributed by atoms with Gasteiger partial charge in [-0.1, -0.05) is 19.8 Å². The van der Waals surface area contributed by atoms with E-state index >= 15 is 0 Å². The van der Waals surface area contributed by atoms with Crippen LogP contribution >= 0.6 is 0 Å². The van der Waals surface area contributed by atoms with Gasteiger partial charge in [0.05, 0.1) is 0 Å². The molecule has 4 nitrogen and oxygen atoms in total. The monoisotopic (exact) mass is 221 g/mol. The Kier molecular flexibility index (Phi) is 2.03. The van der Waals surface area contributed by atoms with E-state index in [0.29, 0.717) is 17.8 Å². The molecule has 2 amide bonds. The molecular weight excluding hydrogens is 202 g/mol. The molecule has 0 aromatic carbocycles. The van der Waals surface area contributed by atoms with E-state index in [1.807, 2.05) is 4.90 Å². The van der Waals surface area contributed by atoms with E-state index in [1.54, 1.807) is 0 Å². The van der Waals surface area contributed by atoms with E-state index in [-0.39, 0.29) is 11.6 Å². The summed E-state index contributed by atoms with van der Waals surface area (Å²) in [6.45, 7) is 2.25. The Hall–Kier alpha value is -1.06. The van der Waals surface area contributed by atoms with Crippen molar-refractivity contribution in [2.24, 2.45) is 16.6 Å². The summed E-state index contributed by atoms with van der Waals surface area (Å²) in [6, 6.07) is 0.330. The van der Waals surface area contributed by atoms with Crippen LogP contribution in [0.15, 0.2) is 4.99 Å². The Balaban J connectivity index is 1.95. The van der Waals surface area contributed by atoms with Gasteiger partial charge >= 0.3 is 6.03 Å². The van der Waals surface area contributed by atoms with E-state index in [1.165, 1.54) is 6.42 Å². The summed E-state index contributed by atoms with van der Waals surface area (Å²) >= 11 is 0. The van der Waals surface area contributed by atoms with Gasteiger partial charge in [0.25, 0.3) is 0 Å². The Bertz CT molecular complexity index is 361. The van der Waals surface area contributed by atoms with Crippen molar-refractivity contribution in [3.63, 3.8) is 0 Å². The zero-order valence-corrected chi connectivity index (χ0v) is 9.78. The fourth-order valence-electron chi connectivity index (χ4n) is 3.38. The summed E-state index contributed by atoms with van der Waals surface area (Å²) in [5.41, 5.74) is 5.83. The highest BCUT2D eigenvalue weighted by Crippen LogP contribution is 2.45. The molecule has 0 aromatic heterocycles. The van der Waals surface area contributed by atoms with E-state index in [4.69, 9.17) is 5.73 Å². The second-order valence-electron chi connectivity index (χ2n) is 5.61. The summed E-state index contributed by atoms with van der Waals surface area (Å²) in [5.74, 6) is 1.23. The molecule has 2 saturated carbocycles. The highest BCUT2D eigenvalue weighted by atomic mass is 16.2. The van der Waals surface area contributed by atoms with Crippen molar-refractivity contribution in [2.45, 2.75) is 57.0 Å². The standard InChI is InChI=1S/C12H19N3O/c1-8-3-2-6-12(7-8)10(13)14-11(16)15(12)9-4-5-9/h8-9H,2-7H2,1H3,(H2,13,14,16). The summed E-state index contributed by atoms with van der Waals surface area (Å²) in [4.78, 5) is 17.9. The van der Waals surface area contributed by atoms with E-state index in [2.05, 4.69) is 11.9 Å². The van der Waals surface area contributed by atoms with Crippen LogP contribution in [0.1, 0.15) is 45.4 Å². The van der Waals surface area contributed by atoms with Crippen molar-refractivity contribution >= 4 is 11.9 Å². The van der Waals surface area contributed by atoms with Crippen LogP contribution in [0.5, 0.6) is 0 Å². The normalized spacial score (nSPS) is 39.3. The van der Waals surface area contributed by atoms with Crippen LogP contribution in [0.3, 0.4) is 0 Å². The quantitative estimate of drug-likeness (QED) is 0.735. The molecule has 0 radical (unpaired) electrons. The van der Waals surface area contributed by atoms with Crippen LogP contribution < -0.4 is 5.73 Å². The van der Waals surface area contributed by atoms with Gasteiger partial charge < -0.3 is 10.6 Å².